The van der Waals surface area contributed by atoms with Gasteiger partial charge in [0, 0.05) is 18.9 Å². The van der Waals surface area contributed by atoms with Crippen molar-refractivity contribution >= 4 is 18.0 Å². The summed E-state index contributed by atoms with van der Waals surface area (Å²) in [7, 11) is 0. The maximum atomic E-state index is 12.4. The zero-order valence-corrected chi connectivity index (χ0v) is 20.0. The fourth-order valence-corrected chi connectivity index (χ4v) is 4.54. The fraction of sp³-hybridized carbons (Fsp3) is 0.444. The van der Waals surface area contributed by atoms with E-state index in [1.54, 1.807) is 6.92 Å². The van der Waals surface area contributed by atoms with Crippen LogP contribution in [-0.4, -0.2) is 42.3 Å². The van der Waals surface area contributed by atoms with E-state index in [0.717, 1.165) is 22.3 Å². The number of nitrogens with one attached hydrogen (secondary N) is 2. The average Bonchev–Trinajstić information content (AvgIpc) is 3.13. The number of benzene rings is 2. The maximum Gasteiger partial charge on any atom is 0.407 e. The van der Waals surface area contributed by atoms with E-state index in [2.05, 4.69) is 48.7 Å². The summed E-state index contributed by atoms with van der Waals surface area (Å²) in [5.74, 6) is -0.611. The van der Waals surface area contributed by atoms with Crippen molar-refractivity contribution in [1.82, 2.24) is 10.6 Å². The van der Waals surface area contributed by atoms with Gasteiger partial charge in [0.2, 0.25) is 5.91 Å². The van der Waals surface area contributed by atoms with Gasteiger partial charge in [-0.2, -0.15) is 0 Å². The lowest BCUT2D eigenvalue weighted by Crippen LogP contribution is -2.45. The van der Waals surface area contributed by atoms with E-state index in [4.69, 9.17) is 9.84 Å². The third kappa shape index (κ3) is 6.37. The summed E-state index contributed by atoms with van der Waals surface area (Å²) in [6.07, 6.45) is 0.757. The number of hydrogen-bond acceptors (Lipinski definition) is 4. The quantitative estimate of drug-likeness (QED) is 0.450. The lowest BCUT2D eigenvalue weighted by molar-refractivity contribution is -0.137. The predicted molar refractivity (Wildman–Crippen MR) is 130 cm³/mol. The first kappa shape index (κ1) is 25.3. The molecule has 2 amide bonds. The smallest absolute Gasteiger partial charge is 0.407 e. The predicted octanol–water partition coefficient (Wildman–Crippen LogP) is 4.56. The molecule has 2 atom stereocenters. The molecule has 1 unspecified atom stereocenters. The molecule has 1 aliphatic carbocycles. The highest BCUT2D eigenvalue weighted by Crippen LogP contribution is 2.44. The first-order chi connectivity index (χ1) is 16.3. The highest BCUT2D eigenvalue weighted by Gasteiger charge is 2.29. The Morgan fingerprint density at radius 2 is 1.53 bits per heavy atom. The zero-order chi connectivity index (χ0) is 24.7. The molecule has 2 aromatic rings. The molecule has 182 valence electrons. The van der Waals surface area contributed by atoms with E-state index in [1.165, 1.54) is 0 Å². The Labute approximate surface area is 200 Å². The molecule has 0 aliphatic heterocycles. The van der Waals surface area contributed by atoms with Gasteiger partial charge in [-0.05, 0) is 53.9 Å². The lowest BCUT2D eigenvalue weighted by atomic mass is 9.88. The van der Waals surface area contributed by atoms with E-state index in [0.29, 0.717) is 25.3 Å². The summed E-state index contributed by atoms with van der Waals surface area (Å²) in [5, 5.41) is 14.3. The van der Waals surface area contributed by atoms with Crippen LogP contribution >= 0.6 is 0 Å². The van der Waals surface area contributed by atoms with Crippen molar-refractivity contribution in [3.05, 3.63) is 59.7 Å². The minimum absolute atomic E-state index is 0.0407. The van der Waals surface area contributed by atoms with Crippen LogP contribution in [0.25, 0.3) is 11.1 Å². The Morgan fingerprint density at radius 1 is 0.941 bits per heavy atom. The summed E-state index contributed by atoms with van der Waals surface area (Å²) < 4.78 is 5.50. The van der Waals surface area contributed by atoms with E-state index in [9.17, 15) is 14.4 Å². The minimum Gasteiger partial charge on any atom is -0.481 e. The van der Waals surface area contributed by atoms with Crippen LogP contribution in [0.2, 0.25) is 0 Å². The van der Waals surface area contributed by atoms with Gasteiger partial charge in [0.1, 0.15) is 12.6 Å². The molecule has 3 rings (SSSR count). The van der Waals surface area contributed by atoms with Crippen LogP contribution in [0.15, 0.2) is 48.5 Å². The molecule has 1 aliphatic rings. The molecule has 0 aromatic heterocycles. The highest BCUT2D eigenvalue weighted by molar-refractivity contribution is 5.85. The second-order valence-electron chi connectivity index (χ2n) is 9.21. The number of carboxylic acid groups (broad SMARTS) is 1. The molecule has 34 heavy (non-hydrogen) atoms. The van der Waals surface area contributed by atoms with Gasteiger partial charge in [-0.25, -0.2) is 4.79 Å². The van der Waals surface area contributed by atoms with Gasteiger partial charge in [-0.1, -0.05) is 62.4 Å². The van der Waals surface area contributed by atoms with Gasteiger partial charge in [0.15, 0.2) is 0 Å². The Bertz CT molecular complexity index is 974. The number of fused-ring (bicyclic) bond motifs is 3. The van der Waals surface area contributed by atoms with E-state index in [1.807, 2.05) is 24.3 Å². The standard InChI is InChI=1S/C27H34N2O5/c1-17(2)19(12-13-25(30)31)14-15-28-26(32)18(3)29-27(33)34-16-24-22-10-6-4-8-20(22)21-9-5-7-11-23(21)24/h4-11,17-19,24H,12-16H2,1-3H3,(H,28,32)(H,29,33)(H,30,31)/t18-,19?/m1/s1. The van der Waals surface area contributed by atoms with Gasteiger partial charge >= 0.3 is 12.1 Å². The van der Waals surface area contributed by atoms with E-state index < -0.39 is 18.1 Å². The Hall–Kier alpha value is -3.35. The van der Waals surface area contributed by atoms with Gasteiger partial charge in [0.05, 0.1) is 0 Å². The first-order valence-corrected chi connectivity index (χ1v) is 11.9. The van der Waals surface area contributed by atoms with Crippen molar-refractivity contribution < 1.29 is 24.2 Å². The number of alkyl carbamates (subject to hydrolysis) is 1. The second kappa shape index (κ2) is 11.7. The molecule has 0 saturated carbocycles. The lowest BCUT2D eigenvalue weighted by Gasteiger charge is -2.21. The summed E-state index contributed by atoms with van der Waals surface area (Å²) in [5.41, 5.74) is 4.57. The van der Waals surface area contributed by atoms with Gasteiger partial charge < -0.3 is 20.5 Å². The van der Waals surface area contributed by atoms with Gasteiger partial charge in [-0.15, -0.1) is 0 Å². The van der Waals surface area contributed by atoms with Crippen LogP contribution in [0.1, 0.15) is 57.1 Å². The van der Waals surface area contributed by atoms with Crippen LogP contribution < -0.4 is 10.6 Å². The molecule has 0 radical (unpaired) electrons. The van der Waals surface area contributed by atoms with Crippen molar-refractivity contribution in [3.63, 3.8) is 0 Å². The Kier molecular flexibility index (Phi) is 8.68. The maximum absolute atomic E-state index is 12.4. The zero-order valence-electron chi connectivity index (χ0n) is 20.0. The van der Waals surface area contributed by atoms with Crippen molar-refractivity contribution in [1.29, 1.82) is 0 Å². The largest absolute Gasteiger partial charge is 0.481 e. The highest BCUT2D eigenvalue weighted by atomic mass is 16.5. The van der Waals surface area contributed by atoms with E-state index >= 15 is 0 Å². The molecule has 0 fully saturated rings. The number of hydrogen-bond donors (Lipinski definition) is 3. The number of carbonyl (C=O) groups excluding carboxylic acids is 2. The summed E-state index contributed by atoms with van der Waals surface area (Å²) in [6.45, 7) is 6.33. The topological polar surface area (TPSA) is 105 Å². The van der Waals surface area contributed by atoms with Crippen LogP contribution in [0, 0.1) is 11.8 Å². The fourth-order valence-electron chi connectivity index (χ4n) is 4.54. The monoisotopic (exact) mass is 466 g/mol. The van der Waals surface area contributed by atoms with Crippen LogP contribution in [-0.2, 0) is 14.3 Å². The molecule has 7 heteroatoms. The van der Waals surface area contributed by atoms with E-state index in [-0.39, 0.29) is 30.8 Å². The molecule has 0 bridgehead atoms. The Balaban J connectivity index is 1.46. The molecular weight excluding hydrogens is 432 g/mol. The molecule has 3 N–H and O–H groups in total. The van der Waals surface area contributed by atoms with Crippen molar-refractivity contribution in [2.45, 2.75) is 52.0 Å². The first-order valence-electron chi connectivity index (χ1n) is 11.9. The summed E-state index contributed by atoms with van der Waals surface area (Å²) in [6, 6.07) is 15.5. The van der Waals surface area contributed by atoms with Crippen molar-refractivity contribution in [2.75, 3.05) is 13.2 Å². The minimum atomic E-state index is -0.810. The number of carboxylic acids is 1. The summed E-state index contributed by atoms with van der Waals surface area (Å²) in [4.78, 5) is 35.6. The van der Waals surface area contributed by atoms with Crippen molar-refractivity contribution in [2.24, 2.45) is 11.8 Å². The summed E-state index contributed by atoms with van der Waals surface area (Å²) >= 11 is 0. The third-order valence-corrected chi connectivity index (χ3v) is 6.56. The third-order valence-electron chi connectivity index (χ3n) is 6.56. The van der Waals surface area contributed by atoms with Crippen LogP contribution in [0.3, 0.4) is 0 Å². The number of aliphatic carboxylic acids is 1. The molecular formula is C27H34N2O5. The van der Waals surface area contributed by atoms with Crippen molar-refractivity contribution in [3.8, 4) is 11.1 Å². The SMILES string of the molecule is CC(C)C(CCNC(=O)[C@@H](C)NC(=O)OCC1c2ccccc2-c2ccccc21)CCC(=O)O. The number of ether oxygens (including phenoxy) is 1. The average molecular weight is 467 g/mol. The number of rotatable bonds is 11. The van der Waals surface area contributed by atoms with Gasteiger partial charge in [0.25, 0.3) is 0 Å². The molecule has 0 saturated heterocycles. The van der Waals surface area contributed by atoms with Crippen LogP contribution in [0.4, 0.5) is 4.79 Å². The molecule has 7 nitrogen and oxygen atoms in total. The molecule has 0 heterocycles. The second-order valence-corrected chi connectivity index (χ2v) is 9.21. The normalized spacial score (nSPS) is 14.1. The van der Waals surface area contributed by atoms with Crippen LogP contribution in [0.5, 0.6) is 0 Å². The van der Waals surface area contributed by atoms with Gasteiger partial charge in [-0.3, -0.25) is 9.59 Å². The number of amides is 2. The molecule has 0 spiro atoms. The molecule has 2 aromatic carbocycles. The Morgan fingerprint density at radius 3 is 2.09 bits per heavy atom. The number of carbonyl (C=O) groups is 3.